The quantitative estimate of drug-likeness (QED) is 0.505. The second-order valence-corrected chi connectivity index (χ2v) is 4.75. The van der Waals surface area contributed by atoms with Gasteiger partial charge < -0.3 is 25.8 Å². The number of aliphatic hydroxyl groups is 3. The number of hydrogen-bond acceptors (Lipinski definition) is 7. The zero-order valence-corrected chi connectivity index (χ0v) is 10.7. The van der Waals surface area contributed by atoms with Crippen LogP contribution in [0, 0.1) is 0 Å². The van der Waals surface area contributed by atoms with Crippen molar-refractivity contribution in [3.05, 3.63) is 21.2 Å². The molecule has 1 saturated heterocycles. The van der Waals surface area contributed by atoms with Crippen LogP contribution in [0.25, 0.3) is 0 Å². The van der Waals surface area contributed by atoms with Crippen molar-refractivity contribution in [2.75, 3.05) is 12.3 Å². The molecule has 0 bridgehead atoms. The molecular formula is C9H12BrN3O5. The second-order valence-electron chi connectivity index (χ2n) is 3.89. The lowest BCUT2D eigenvalue weighted by Gasteiger charge is -2.17. The van der Waals surface area contributed by atoms with Gasteiger partial charge in [-0.15, -0.1) is 0 Å². The van der Waals surface area contributed by atoms with Crippen LogP contribution < -0.4 is 11.4 Å². The first-order valence-corrected chi connectivity index (χ1v) is 5.91. The summed E-state index contributed by atoms with van der Waals surface area (Å²) in [5.41, 5.74) is 4.72. The van der Waals surface area contributed by atoms with E-state index in [4.69, 9.17) is 15.6 Å². The molecule has 1 aromatic heterocycles. The van der Waals surface area contributed by atoms with Crippen LogP contribution in [-0.2, 0) is 4.74 Å². The van der Waals surface area contributed by atoms with Crippen LogP contribution in [0.2, 0.25) is 0 Å². The molecule has 0 aliphatic carbocycles. The number of ether oxygens (including phenoxy) is 1. The second kappa shape index (κ2) is 4.94. The summed E-state index contributed by atoms with van der Waals surface area (Å²) in [6, 6.07) is 0. The van der Waals surface area contributed by atoms with Crippen LogP contribution in [0.5, 0.6) is 0 Å². The van der Waals surface area contributed by atoms with Gasteiger partial charge in [0.05, 0.1) is 11.1 Å². The van der Waals surface area contributed by atoms with Crippen molar-refractivity contribution in [2.24, 2.45) is 0 Å². The summed E-state index contributed by atoms with van der Waals surface area (Å²) >= 11 is 3.10. The zero-order chi connectivity index (χ0) is 13.4. The molecule has 0 aromatic carbocycles. The van der Waals surface area contributed by atoms with Crippen LogP contribution in [0.15, 0.2) is 15.5 Å². The molecule has 5 N–H and O–H groups in total. The Morgan fingerprint density at radius 2 is 2.17 bits per heavy atom. The highest BCUT2D eigenvalue weighted by molar-refractivity contribution is 9.10. The molecule has 0 saturated carbocycles. The van der Waals surface area contributed by atoms with Gasteiger partial charge in [0, 0.05) is 6.20 Å². The highest BCUT2D eigenvalue weighted by Gasteiger charge is 2.43. The Hall–Kier alpha value is -1.00. The Balaban J connectivity index is 2.39. The van der Waals surface area contributed by atoms with Gasteiger partial charge in [-0.2, -0.15) is 4.98 Å². The zero-order valence-electron chi connectivity index (χ0n) is 9.10. The summed E-state index contributed by atoms with van der Waals surface area (Å²) in [4.78, 5) is 15.2. The summed E-state index contributed by atoms with van der Waals surface area (Å²) in [6.07, 6.45) is -3.37. The van der Waals surface area contributed by atoms with E-state index in [1.807, 2.05) is 0 Å². The van der Waals surface area contributed by atoms with E-state index in [1.165, 1.54) is 6.20 Å². The average Bonchev–Trinajstić information content (AvgIpc) is 2.61. The van der Waals surface area contributed by atoms with Gasteiger partial charge >= 0.3 is 5.69 Å². The van der Waals surface area contributed by atoms with Crippen molar-refractivity contribution in [1.29, 1.82) is 0 Å². The lowest BCUT2D eigenvalue weighted by Crippen LogP contribution is -2.36. The topological polar surface area (TPSA) is 131 Å². The molecule has 9 heteroatoms. The standard InChI is InChI=1S/C9H12BrN3O5/c10-3-1-13(9(17)12-7(3)11)8-6(16)5(15)4(2-14)18-8/h1,4-6,8,14-16H,2H2,(H2,11,12,17)/t4-,5+,6+,8+/m0/s1. The number of anilines is 1. The molecule has 1 aliphatic heterocycles. The van der Waals surface area contributed by atoms with Gasteiger partial charge in [0.15, 0.2) is 6.23 Å². The van der Waals surface area contributed by atoms with Gasteiger partial charge in [0.1, 0.15) is 24.1 Å². The van der Waals surface area contributed by atoms with Crippen LogP contribution in [-0.4, -0.2) is 49.8 Å². The van der Waals surface area contributed by atoms with Crippen LogP contribution in [0.1, 0.15) is 6.23 Å². The molecule has 0 unspecified atom stereocenters. The minimum Gasteiger partial charge on any atom is -0.394 e. The smallest absolute Gasteiger partial charge is 0.351 e. The Morgan fingerprint density at radius 3 is 2.72 bits per heavy atom. The van der Waals surface area contributed by atoms with Crippen LogP contribution in [0.4, 0.5) is 5.82 Å². The van der Waals surface area contributed by atoms with Gasteiger partial charge in [-0.05, 0) is 15.9 Å². The number of nitrogens with two attached hydrogens (primary N) is 1. The normalized spacial score (nSPS) is 31.8. The molecule has 0 amide bonds. The lowest BCUT2D eigenvalue weighted by molar-refractivity contribution is -0.0550. The molecule has 4 atom stereocenters. The molecule has 0 radical (unpaired) electrons. The Labute approximate surface area is 110 Å². The monoisotopic (exact) mass is 321 g/mol. The van der Waals surface area contributed by atoms with Crippen LogP contribution >= 0.6 is 15.9 Å². The van der Waals surface area contributed by atoms with Crippen molar-refractivity contribution >= 4 is 21.7 Å². The predicted molar refractivity (Wildman–Crippen MR) is 63.6 cm³/mol. The van der Waals surface area contributed by atoms with Gasteiger partial charge in [-0.1, -0.05) is 0 Å². The first-order chi connectivity index (χ1) is 8.45. The summed E-state index contributed by atoms with van der Waals surface area (Å²) in [6.45, 7) is -0.465. The highest BCUT2D eigenvalue weighted by Crippen LogP contribution is 2.29. The predicted octanol–water partition coefficient (Wildman–Crippen LogP) is -1.80. The van der Waals surface area contributed by atoms with Crippen molar-refractivity contribution in [2.45, 2.75) is 24.5 Å². The van der Waals surface area contributed by atoms with E-state index in [-0.39, 0.29) is 5.82 Å². The molecule has 2 rings (SSSR count). The number of nitrogen functional groups attached to an aromatic ring is 1. The third kappa shape index (κ3) is 2.15. The minimum atomic E-state index is -1.34. The van der Waals surface area contributed by atoms with Gasteiger partial charge in [0.2, 0.25) is 0 Å². The Kier molecular flexibility index (Phi) is 3.69. The molecule has 1 fully saturated rings. The van der Waals surface area contributed by atoms with Crippen molar-refractivity contribution < 1.29 is 20.1 Å². The van der Waals surface area contributed by atoms with E-state index < -0.39 is 36.8 Å². The first kappa shape index (κ1) is 13.4. The molecule has 100 valence electrons. The van der Waals surface area contributed by atoms with E-state index >= 15 is 0 Å². The fourth-order valence-electron chi connectivity index (χ4n) is 1.75. The maximum absolute atomic E-state index is 11.6. The third-order valence-corrected chi connectivity index (χ3v) is 3.34. The van der Waals surface area contributed by atoms with Crippen LogP contribution in [0.3, 0.4) is 0 Å². The molecule has 1 aromatic rings. The third-order valence-electron chi connectivity index (χ3n) is 2.73. The average molecular weight is 322 g/mol. The molecule has 1 aliphatic rings. The highest BCUT2D eigenvalue weighted by atomic mass is 79.9. The fraction of sp³-hybridized carbons (Fsp3) is 0.556. The maximum atomic E-state index is 11.6. The first-order valence-electron chi connectivity index (χ1n) is 5.12. The van der Waals surface area contributed by atoms with E-state index in [9.17, 15) is 15.0 Å². The summed E-state index contributed by atoms with van der Waals surface area (Å²) in [5, 5.41) is 28.3. The van der Waals surface area contributed by atoms with Crippen molar-refractivity contribution in [1.82, 2.24) is 9.55 Å². The molecular weight excluding hydrogens is 310 g/mol. The number of aliphatic hydroxyl groups excluding tert-OH is 3. The Morgan fingerprint density at radius 1 is 1.50 bits per heavy atom. The molecule has 0 spiro atoms. The van der Waals surface area contributed by atoms with E-state index in [2.05, 4.69) is 20.9 Å². The van der Waals surface area contributed by atoms with E-state index in [0.29, 0.717) is 4.47 Å². The minimum absolute atomic E-state index is 0.0167. The maximum Gasteiger partial charge on any atom is 0.351 e. The lowest BCUT2D eigenvalue weighted by atomic mass is 10.1. The number of nitrogens with zero attached hydrogens (tertiary/aromatic N) is 2. The number of aromatic nitrogens is 2. The summed E-state index contributed by atoms with van der Waals surface area (Å²) < 4.78 is 6.57. The molecule has 2 heterocycles. The van der Waals surface area contributed by atoms with Crippen molar-refractivity contribution in [3.8, 4) is 0 Å². The van der Waals surface area contributed by atoms with E-state index in [1.54, 1.807) is 0 Å². The number of rotatable bonds is 2. The fourth-order valence-corrected chi connectivity index (χ4v) is 2.06. The number of hydrogen-bond donors (Lipinski definition) is 4. The molecule has 8 nitrogen and oxygen atoms in total. The Bertz CT molecular complexity index is 507. The van der Waals surface area contributed by atoms with Crippen molar-refractivity contribution in [3.63, 3.8) is 0 Å². The number of halogens is 1. The SMILES string of the molecule is Nc1nc(=O)n([C@@H]2O[C@@H](CO)[C@@H](O)[C@H]2O)cc1Br. The summed E-state index contributed by atoms with van der Waals surface area (Å²) in [5.74, 6) is 0.0167. The van der Waals surface area contributed by atoms with E-state index in [0.717, 1.165) is 4.57 Å². The summed E-state index contributed by atoms with van der Waals surface area (Å²) in [7, 11) is 0. The van der Waals surface area contributed by atoms with Gasteiger partial charge in [0.25, 0.3) is 0 Å². The van der Waals surface area contributed by atoms with Gasteiger partial charge in [-0.3, -0.25) is 4.57 Å². The van der Waals surface area contributed by atoms with Gasteiger partial charge in [-0.25, -0.2) is 4.79 Å². The molecule has 18 heavy (non-hydrogen) atoms. The largest absolute Gasteiger partial charge is 0.394 e.